The van der Waals surface area contributed by atoms with E-state index in [1.165, 1.54) is 19.5 Å². The van der Waals surface area contributed by atoms with Gasteiger partial charge in [-0.25, -0.2) is 0 Å². The van der Waals surface area contributed by atoms with E-state index in [2.05, 4.69) is 23.6 Å². The highest BCUT2D eigenvalue weighted by Crippen LogP contribution is 2.11. The monoisotopic (exact) mass is 201 g/mol. The Morgan fingerprint density at radius 2 is 2.00 bits per heavy atom. The Hall–Kier alpha value is -0.570. The van der Waals surface area contributed by atoms with E-state index in [0.717, 1.165) is 5.92 Å². The molecule has 3 heteroatoms. The molecule has 1 unspecified atom stereocenters. The normalized spacial score (nSPS) is 22.5. The fraction of sp³-hybridized carbons (Fsp3) is 0.909. The van der Waals surface area contributed by atoms with Crippen LogP contribution < -0.4 is 0 Å². The Morgan fingerprint density at radius 1 is 1.43 bits per heavy atom. The third-order valence-corrected chi connectivity index (χ3v) is 2.03. The van der Waals surface area contributed by atoms with E-state index in [1.807, 2.05) is 20.8 Å². The van der Waals surface area contributed by atoms with Crippen LogP contribution in [0.5, 0.6) is 0 Å². The molecule has 3 nitrogen and oxygen atoms in total. The van der Waals surface area contributed by atoms with Gasteiger partial charge in [0, 0.05) is 6.54 Å². The van der Waals surface area contributed by atoms with E-state index in [4.69, 9.17) is 0 Å². The molecule has 0 bridgehead atoms. The van der Waals surface area contributed by atoms with E-state index in [1.54, 1.807) is 0 Å². The molecule has 14 heavy (non-hydrogen) atoms. The Morgan fingerprint density at radius 3 is 2.07 bits per heavy atom. The van der Waals surface area contributed by atoms with Gasteiger partial charge in [-0.05, 0) is 46.7 Å². The molecule has 1 rings (SSSR count). The van der Waals surface area contributed by atoms with E-state index in [9.17, 15) is 4.79 Å². The first-order valence-electron chi connectivity index (χ1n) is 5.15. The van der Waals surface area contributed by atoms with Crippen LogP contribution in [0.3, 0.4) is 0 Å². The summed E-state index contributed by atoms with van der Waals surface area (Å²) in [5, 5.41) is 0. The molecular formula is C11H23NO2. The molecule has 0 aliphatic carbocycles. The van der Waals surface area contributed by atoms with Crippen LogP contribution in [0.1, 0.15) is 34.1 Å². The summed E-state index contributed by atoms with van der Waals surface area (Å²) in [6.07, 6.45) is 1.40. The van der Waals surface area contributed by atoms with Gasteiger partial charge in [-0.15, -0.1) is 0 Å². The van der Waals surface area contributed by atoms with Crippen molar-refractivity contribution in [3.63, 3.8) is 0 Å². The molecule has 1 saturated heterocycles. The lowest BCUT2D eigenvalue weighted by Gasteiger charge is -2.14. The topological polar surface area (TPSA) is 29.5 Å². The first-order chi connectivity index (χ1) is 6.35. The minimum atomic E-state index is -0.318. The maximum Gasteiger partial charge on any atom is 0.293 e. The first-order valence-corrected chi connectivity index (χ1v) is 5.15. The predicted molar refractivity (Wildman–Crippen MR) is 58.2 cm³/mol. The molecule has 1 aliphatic rings. The maximum atomic E-state index is 9.60. The molecule has 1 aliphatic heterocycles. The number of hydrogen-bond donors (Lipinski definition) is 0. The van der Waals surface area contributed by atoms with Gasteiger partial charge in [0.1, 0.15) is 5.60 Å². The fourth-order valence-corrected chi connectivity index (χ4v) is 1.30. The average molecular weight is 201 g/mol. The van der Waals surface area contributed by atoms with Crippen LogP contribution in [0.4, 0.5) is 0 Å². The summed E-state index contributed by atoms with van der Waals surface area (Å²) in [6.45, 7) is 10.8. The van der Waals surface area contributed by atoms with Crippen LogP contribution in [0, 0.1) is 5.92 Å². The number of nitrogens with zero attached hydrogens (tertiary/aromatic N) is 1. The highest BCUT2D eigenvalue weighted by molar-refractivity contribution is 5.37. The second-order valence-corrected chi connectivity index (χ2v) is 4.98. The summed E-state index contributed by atoms with van der Waals surface area (Å²) in [5.74, 6) is 0.949. The molecule has 0 saturated carbocycles. The average Bonchev–Trinajstić information content (AvgIpc) is 2.33. The zero-order valence-electron chi connectivity index (χ0n) is 10.0. The summed E-state index contributed by atoms with van der Waals surface area (Å²) in [7, 11) is 2.18. The number of carbonyl (C=O) groups is 1. The lowest BCUT2D eigenvalue weighted by molar-refractivity contribution is -0.138. The van der Waals surface area contributed by atoms with Crippen molar-refractivity contribution >= 4 is 6.47 Å². The molecule has 0 N–H and O–H groups in total. The van der Waals surface area contributed by atoms with Gasteiger partial charge < -0.3 is 9.64 Å². The van der Waals surface area contributed by atoms with Crippen molar-refractivity contribution < 1.29 is 9.53 Å². The Kier molecular flexibility index (Phi) is 5.77. The second kappa shape index (κ2) is 6.02. The molecule has 1 fully saturated rings. The highest BCUT2D eigenvalue weighted by atomic mass is 16.5. The lowest BCUT2D eigenvalue weighted by Crippen LogP contribution is -2.17. The lowest BCUT2D eigenvalue weighted by atomic mass is 10.2. The maximum absolute atomic E-state index is 9.60. The van der Waals surface area contributed by atoms with Crippen molar-refractivity contribution in [2.45, 2.75) is 39.7 Å². The largest absolute Gasteiger partial charge is 0.462 e. The van der Waals surface area contributed by atoms with Crippen LogP contribution >= 0.6 is 0 Å². The van der Waals surface area contributed by atoms with Crippen LogP contribution in [0.2, 0.25) is 0 Å². The number of rotatable bonds is 1. The van der Waals surface area contributed by atoms with Crippen LogP contribution in [-0.2, 0) is 9.53 Å². The molecule has 0 aromatic heterocycles. The molecule has 0 aromatic rings. The molecule has 1 atom stereocenters. The molecule has 0 spiro atoms. The number of ether oxygens (including phenoxy) is 1. The number of likely N-dealkylation sites (tertiary alicyclic amines) is 1. The van der Waals surface area contributed by atoms with E-state index < -0.39 is 0 Å². The molecule has 0 amide bonds. The zero-order chi connectivity index (χ0) is 11.2. The number of hydrogen-bond acceptors (Lipinski definition) is 3. The van der Waals surface area contributed by atoms with Gasteiger partial charge in [-0.3, -0.25) is 4.79 Å². The number of carbonyl (C=O) groups excluding carboxylic acids is 1. The zero-order valence-corrected chi connectivity index (χ0v) is 10.0. The van der Waals surface area contributed by atoms with Gasteiger partial charge >= 0.3 is 0 Å². The van der Waals surface area contributed by atoms with Gasteiger partial charge in [0.25, 0.3) is 6.47 Å². The third-order valence-electron chi connectivity index (χ3n) is 2.03. The Balaban J connectivity index is 0.000000241. The highest BCUT2D eigenvalue weighted by Gasteiger charge is 2.13. The minimum absolute atomic E-state index is 0.318. The van der Waals surface area contributed by atoms with Crippen LogP contribution in [-0.4, -0.2) is 37.1 Å². The summed E-state index contributed by atoms with van der Waals surface area (Å²) in [4.78, 5) is 12.0. The van der Waals surface area contributed by atoms with E-state index >= 15 is 0 Å². The summed E-state index contributed by atoms with van der Waals surface area (Å²) in [5.41, 5.74) is -0.318. The van der Waals surface area contributed by atoms with Crippen molar-refractivity contribution in [2.75, 3.05) is 20.1 Å². The third kappa shape index (κ3) is 8.05. The van der Waals surface area contributed by atoms with Crippen LogP contribution in [0.15, 0.2) is 0 Å². The van der Waals surface area contributed by atoms with E-state index in [0.29, 0.717) is 6.47 Å². The van der Waals surface area contributed by atoms with Crippen molar-refractivity contribution in [1.29, 1.82) is 0 Å². The van der Waals surface area contributed by atoms with Gasteiger partial charge in [0.2, 0.25) is 0 Å². The van der Waals surface area contributed by atoms with Crippen molar-refractivity contribution in [2.24, 2.45) is 5.92 Å². The molecule has 0 aromatic carbocycles. The quantitative estimate of drug-likeness (QED) is 0.607. The Bertz CT molecular complexity index is 155. The smallest absolute Gasteiger partial charge is 0.293 e. The minimum Gasteiger partial charge on any atom is -0.462 e. The molecular weight excluding hydrogens is 178 g/mol. The van der Waals surface area contributed by atoms with Gasteiger partial charge in [0.15, 0.2) is 0 Å². The van der Waals surface area contributed by atoms with Crippen molar-refractivity contribution in [3.8, 4) is 0 Å². The first kappa shape index (κ1) is 13.4. The van der Waals surface area contributed by atoms with Crippen LogP contribution in [0.25, 0.3) is 0 Å². The molecule has 1 heterocycles. The van der Waals surface area contributed by atoms with Gasteiger partial charge in [-0.2, -0.15) is 0 Å². The second-order valence-electron chi connectivity index (χ2n) is 4.98. The van der Waals surface area contributed by atoms with E-state index in [-0.39, 0.29) is 5.60 Å². The molecule has 84 valence electrons. The Labute approximate surface area is 87.4 Å². The molecule has 0 radical (unpaired) electrons. The SMILES string of the molecule is CC(C)(C)OC=O.CC1CCN(C)C1. The van der Waals surface area contributed by atoms with Crippen molar-refractivity contribution in [3.05, 3.63) is 0 Å². The predicted octanol–water partition coefficient (Wildman–Crippen LogP) is 1.92. The fourth-order valence-electron chi connectivity index (χ4n) is 1.30. The van der Waals surface area contributed by atoms with Gasteiger partial charge in [-0.1, -0.05) is 6.92 Å². The standard InChI is InChI=1S/C6H13N.C5H10O2/c1-6-3-4-7(2)5-6;1-5(2,3)7-4-6/h6H,3-5H2,1-2H3;4H,1-3H3. The van der Waals surface area contributed by atoms with Crippen molar-refractivity contribution in [1.82, 2.24) is 4.90 Å². The summed E-state index contributed by atoms with van der Waals surface area (Å²) >= 11 is 0. The van der Waals surface area contributed by atoms with Gasteiger partial charge in [0.05, 0.1) is 0 Å². The summed E-state index contributed by atoms with van der Waals surface area (Å²) < 4.78 is 4.55. The summed E-state index contributed by atoms with van der Waals surface area (Å²) in [6, 6.07) is 0.